The maximum Gasteiger partial charge on any atom is 0.222 e. The summed E-state index contributed by atoms with van der Waals surface area (Å²) >= 11 is 0. The van der Waals surface area contributed by atoms with Crippen molar-refractivity contribution in [3.05, 3.63) is 0 Å². The third-order valence-corrected chi connectivity index (χ3v) is 6.98. The molecule has 0 saturated carbocycles. The summed E-state index contributed by atoms with van der Waals surface area (Å²) in [4.78, 5) is 27.0. The van der Waals surface area contributed by atoms with E-state index >= 15 is 0 Å². The maximum atomic E-state index is 12.1. The molecule has 0 aromatic heterocycles. The van der Waals surface area contributed by atoms with Crippen molar-refractivity contribution in [3.8, 4) is 0 Å². The lowest BCUT2D eigenvalue weighted by atomic mass is 10.1. The monoisotopic (exact) mass is 316 g/mol. The molecule has 2 saturated heterocycles. The second-order valence-corrected chi connectivity index (χ2v) is 8.25. The summed E-state index contributed by atoms with van der Waals surface area (Å²) in [5.41, 5.74) is 0. The van der Waals surface area contributed by atoms with Crippen LogP contribution in [0.2, 0.25) is 0 Å². The minimum Gasteiger partial charge on any atom is -0.339 e. The summed E-state index contributed by atoms with van der Waals surface area (Å²) in [6, 6.07) is 0. The highest BCUT2D eigenvalue weighted by Gasteiger charge is 2.22. The van der Waals surface area contributed by atoms with Crippen LogP contribution in [-0.2, 0) is 9.59 Å². The molecule has 2 heterocycles. The molecular formula is C14H24N2O2S2. The van der Waals surface area contributed by atoms with Gasteiger partial charge in [0, 0.05) is 50.5 Å². The molecule has 114 valence electrons. The number of nitrogens with zero attached hydrogens (tertiary/aromatic N) is 2. The van der Waals surface area contributed by atoms with Crippen LogP contribution in [0.3, 0.4) is 0 Å². The van der Waals surface area contributed by atoms with Crippen LogP contribution in [0.5, 0.6) is 0 Å². The summed E-state index contributed by atoms with van der Waals surface area (Å²) in [5.74, 6) is 1.67. The van der Waals surface area contributed by atoms with Crippen molar-refractivity contribution < 1.29 is 9.59 Å². The minimum atomic E-state index is 0.115. The SMILES string of the molecule is CC(=O)N1CCN(C(=O)CCCCC2CCSS2)CC1. The molecule has 6 heteroatoms. The fourth-order valence-corrected chi connectivity index (χ4v) is 5.67. The molecule has 20 heavy (non-hydrogen) atoms. The highest BCUT2D eigenvalue weighted by atomic mass is 33.1. The third-order valence-electron chi connectivity index (χ3n) is 3.97. The lowest BCUT2D eigenvalue weighted by Crippen LogP contribution is -2.50. The predicted octanol–water partition coefficient (Wildman–Crippen LogP) is 2.39. The van der Waals surface area contributed by atoms with Crippen LogP contribution in [0.15, 0.2) is 0 Å². The molecule has 2 aliphatic heterocycles. The molecule has 0 radical (unpaired) electrons. The Labute approximate surface area is 129 Å². The molecule has 0 aromatic carbocycles. The Kier molecular flexibility index (Phi) is 6.55. The molecule has 0 N–H and O–H groups in total. The Morgan fingerprint density at radius 3 is 2.40 bits per heavy atom. The quantitative estimate of drug-likeness (QED) is 0.577. The number of amides is 2. The number of hydrogen-bond donors (Lipinski definition) is 0. The van der Waals surface area contributed by atoms with Crippen molar-refractivity contribution in [3.63, 3.8) is 0 Å². The van der Waals surface area contributed by atoms with Gasteiger partial charge in [-0.1, -0.05) is 28.0 Å². The number of rotatable bonds is 5. The summed E-state index contributed by atoms with van der Waals surface area (Å²) in [6.45, 7) is 4.38. The zero-order valence-electron chi connectivity index (χ0n) is 12.2. The Bertz CT molecular complexity index is 338. The van der Waals surface area contributed by atoms with Crippen LogP contribution in [0.4, 0.5) is 0 Å². The van der Waals surface area contributed by atoms with Gasteiger partial charge in [0.2, 0.25) is 11.8 Å². The van der Waals surface area contributed by atoms with Crippen LogP contribution >= 0.6 is 21.6 Å². The van der Waals surface area contributed by atoms with E-state index in [0.717, 1.165) is 18.1 Å². The smallest absolute Gasteiger partial charge is 0.222 e. The van der Waals surface area contributed by atoms with Crippen molar-refractivity contribution in [2.75, 3.05) is 31.9 Å². The highest BCUT2D eigenvalue weighted by Crippen LogP contribution is 2.39. The van der Waals surface area contributed by atoms with Gasteiger partial charge in [0.05, 0.1) is 0 Å². The molecule has 1 unspecified atom stereocenters. The van der Waals surface area contributed by atoms with E-state index in [-0.39, 0.29) is 11.8 Å². The fourth-order valence-electron chi connectivity index (χ4n) is 2.64. The van der Waals surface area contributed by atoms with E-state index in [4.69, 9.17) is 0 Å². The second kappa shape index (κ2) is 8.17. The molecule has 4 nitrogen and oxygen atoms in total. The molecule has 0 spiro atoms. The van der Waals surface area contributed by atoms with Gasteiger partial charge in [0.1, 0.15) is 0 Å². The van der Waals surface area contributed by atoms with Crippen molar-refractivity contribution in [2.24, 2.45) is 0 Å². The van der Waals surface area contributed by atoms with Crippen LogP contribution in [0.1, 0.15) is 39.0 Å². The third kappa shape index (κ3) is 4.88. The first-order chi connectivity index (χ1) is 9.66. The van der Waals surface area contributed by atoms with Gasteiger partial charge in [-0.3, -0.25) is 9.59 Å². The van der Waals surface area contributed by atoms with E-state index < -0.39 is 0 Å². The van der Waals surface area contributed by atoms with Crippen LogP contribution in [0.25, 0.3) is 0 Å². The van der Waals surface area contributed by atoms with Gasteiger partial charge in [-0.25, -0.2) is 0 Å². The minimum absolute atomic E-state index is 0.115. The summed E-state index contributed by atoms with van der Waals surface area (Å²) in [5, 5.41) is 0.814. The lowest BCUT2D eigenvalue weighted by molar-refractivity contribution is -0.138. The number of piperazine rings is 1. The van der Waals surface area contributed by atoms with E-state index in [1.807, 2.05) is 31.4 Å². The van der Waals surface area contributed by atoms with Crippen molar-refractivity contribution in [1.82, 2.24) is 9.80 Å². The predicted molar refractivity (Wildman–Crippen MR) is 85.8 cm³/mol. The lowest BCUT2D eigenvalue weighted by Gasteiger charge is -2.34. The largest absolute Gasteiger partial charge is 0.339 e. The van der Waals surface area contributed by atoms with E-state index in [2.05, 4.69) is 0 Å². The van der Waals surface area contributed by atoms with Crippen molar-refractivity contribution >= 4 is 33.4 Å². The van der Waals surface area contributed by atoms with E-state index in [0.29, 0.717) is 32.6 Å². The van der Waals surface area contributed by atoms with Gasteiger partial charge in [0.25, 0.3) is 0 Å². The molecule has 2 rings (SSSR count). The number of unbranched alkanes of at least 4 members (excludes halogenated alkanes) is 1. The van der Waals surface area contributed by atoms with Gasteiger partial charge < -0.3 is 9.80 Å². The molecule has 0 aliphatic carbocycles. The molecule has 2 aliphatic rings. The molecule has 0 aromatic rings. The summed E-state index contributed by atoms with van der Waals surface area (Å²) < 4.78 is 0. The normalized spacial score (nSPS) is 23.1. The molecule has 1 atom stereocenters. The second-order valence-electron chi connectivity index (χ2n) is 5.46. The number of carbonyl (C=O) groups is 2. The Morgan fingerprint density at radius 2 is 1.80 bits per heavy atom. The first kappa shape index (κ1) is 16.0. The van der Waals surface area contributed by atoms with Crippen LogP contribution < -0.4 is 0 Å². The van der Waals surface area contributed by atoms with E-state index in [1.54, 1.807) is 6.92 Å². The molecule has 0 bridgehead atoms. The molecular weight excluding hydrogens is 292 g/mol. The fraction of sp³-hybridized carbons (Fsp3) is 0.857. The van der Waals surface area contributed by atoms with Gasteiger partial charge in [-0.05, 0) is 19.3 Å². The Morgan fingerprint density at radius 1 is 1.10 bits per heavy atom. The van der Waals surface area contributed by atoms with Gasteiger partial charge >= 0.3 is 0 Å². The van der Waals surface area contributed by atoms with Crippen molar-refractivity contribution in [2.45, 2.75) is 44.3 Å². The summed E-state index contributed by atoms with van der Waals surface area (Å²) in [6.07, 6.45) is 5.43. The number of hydrogen-bond acceptors (Lipinski definition) is 4. The molecule has 2 fully saturated rings. The average molecular weight is 316 g/mol. The first-order valence-corrected chi connectivity index (χ1v) is 9.86. The highest BCUT2D eigenvalue weighted by molar-refractivity contribution is 8.77. The van der Waals surface area contributed by atoms with Crippen LogP contribution in [-0.4, -0.2) is 58.8 Å². The topological polar surface area (TPSA) is 40.6 Å². The zero-order chi connectivity index (χ0) is 14.4. The van der Waals surface area contributed by atoms with E-state index in [1.165, 1.54) is 18.6 Å². The van der Waals surface area contributed by atoms with Crippen LogP contribution in [0, 0.1) is 0 Å². The Hall–Kier alpha value is -0.360. The van der Waals surface area contributed by atoms with Gasteiger partial charge in [0.15, 0.2) is 0 Å². The standard InChI is InChI=1S/C14H24N2O2S2/c1-12(17)15-7-9-16(10-8-15)14(18)5-3-2-4-13-6-11-19-20-13/h13H,2-11H2,1H3. The van der Waals surface area contributed by atoms with E-state index in [9.17, 15) is 9.59 Å². The maximum absolute atomic E-state index is 12.1. The van der Waals surface area contributed by atoms with Crippen molar-refractivity contribution in [1.29, 1.82) is 0 Å². The molecule has 2 amide bonds. The zero-order valence-corrected chi connectivity index (χ0v) is 13.8. The first-order valence-electron chi connectivity index (χ1n) is 7.48. The average Bonchev–Trinajstić information content (AvgIpc) is 2.96. The van der Waals surface area contributed by atoms with Gasteiger partial charge in [-0.2, -0.15) is 0 Å². The Balaban J connectivity index is 1.57. The summed E-state index contributed by atoms with van der Waals surface area (Å²) in [7, 11) is 4.00. The van der Waals surface area contributed by atoms with Gasteiger partial charge in [-0.15, -0.1) is 0 Å². The number of carbonyl (C=O) groups excluding carboxylic acids is 2.